The van der Waals surface area contributed by atoms with Gasteiger partial charge < -0.3 is 5.32 Å². The van der Waals surface area contributed by atoms with Gasteiger partial charge in [-0.3, -0.25) is 14.5 Å². The molecule has 134 valence electrons. The number of benzene rings is 1. The van der Waals surface area contributed by atoms with Crippen molar-refractivity contribution in [2.75, 3.05) is 16.8 Å². The first-order valence-electron chi connectivity index (χ1n) is 8.09. The van der Waals surface area contributed by atoms with Gasteiger partial charge in [0.05, 0.1) is 5.69 Å². The Labute approximate surface area is 156 Å². The van der Waals surface area contributed by atoms with E-state index in [2.05, 4.69) is 10.3 Å². The fraction of sp³-hybridized carbons (Fsp3) is 0.263. The molecule has 0 aliphatic rings. The molecule has 2 amide bonds. The van der Waals surface area contributed by atoms with E-state index in [4.69, 9.17) is 0 Å². The summed E-state index contributed by atoms with van der Waals surface area (Å²) in [6, 6.07) is 7.57. The molecule has 0 radical (unpaired) electrons. The largest absolute Gasteiger partial charge is 0.321 e. The van der Waals surface area contributed by atoms with E-state index in [0.717, 1.165) is 11.1 Å². The number of nitrogens with one attached hydrogen (secondary N) is 1. The summed E-state index contributed by atoms with van der Waals surface area (Å²) < 4.78 is 0. The molecular weight excluding hydrogens is 348 g/mol. The summed E-state index contributed by atoms with van der Waals surface area (Å²) in [6.45, 7) is 7.70. The third kappa shape index (κ3) is 4.55. The lowest BCUT2D eigenvalue weighted by molar-refractivity contribution is -0.116. The van der Waals surface area contributed by atoms with Crippen LogP contribution in [0.2, 0.25) is 0 Å². The molecule has 0 saturated heterocycles. The number of carbonyl (C=O) groups excluding carboxylic acids is 2. The quantitative estimate of drug-likeness (QED) is 0.644. The molecule has 2 rings (SSSR count). The van der Waals surface area contributed by atoms with Crippen LogP contribution in [0.1, 0.15) is 30.7 Å². The van der Waals surface area contributed by atoms with Gasteiger partial charge in [0.2, 0.25) is 5.91 Å². The molecule has 0 unspecified atom stereocenters. The molecule has 1 aromatic heterocycles. The summed E-state index contributed by atoms with van der Waals surface area (Å²) in [7, 11) is 0. The van der Waals surface area contributed by atoms with Crippen LogP contribution in [0.4, 0.5) is 10.8 Å². The number of hydrogen-bond acceptors (Lipinski definition) is 5. The summed E-state index contributed by atoms with van der Waals surface area (Å²) in [4.78, 5) is 29.8. The molecule has 0 aliphatic heterocycles. The Kier molecular flexibility index (Phi) is 6.26. The van der Waals surface area contributed by atoms with Crippen LogP contribution < -0.4 is 10.2 Å². The first kappa shape index (κ1) is 19.3. The van der Waals surface area contributed by atoms with Crippen LogP contribution in [0, 0.1) is 25.2 Å². The molecule has 1 N–H and O–H groups in total. The van der Waals surface area contributed by atoms with Crippen LogP contribution in [0.15, 0.2) is 29.2 Å². The van der Waals surface area contributed by atoms with Crippen molar-refractivity contribution in [1.82, 2.24) is 4.98 Å². The lowest BCUT2D eigenvalue weighted by atomic mass is 10.1. The number of carbonyl (C=O) groups is 2. The van der Waals surface area contributed by atoms with E-state index < -0.39 is 5.91 Å². The minimum Gasteiger partial charge on any atom is -0.321 e. The SMILES string of the molecule is CCN(C(C)=O)c1nc(/C=C(\C#N)C(=O)Nc2ccc(C)cc2C)cs1. The van der Waals surface area contributed by atoms with E-state index in [1.54, 1.807) is 5.38 Å². The Morgan fingerprint density at radius 2 is 2.12 bits per heavy atom. The summed E-state index contributed by atoms with van der Waals surface area (Å²) in [5, 5.41) is 14.3. The number of nitriles is 1. The van der Waals surface area contributed by atoms with Gasteiger partial charge in [0.15, 0.2) is 5.13 Å². The van der Waals surface area contributed by atoms with Crippen LogP contribution in [0.5, 0.6) is 0 Å². The Morgan fingerprint density at radius 1 is 1.38 bits per heavy atom. The maximum atomic E-state index is 12.4. The molecule has 1 heterocycles. The first-order chi connectivity index (χ1) is 12.3. The number of thiazole rings is 1. The zero-order chi connectivity index (χ0) is 19.3. The van der Waals surface area contributed by atoms with Crippen LogP contribution in [0.25, 0.3) is 6.08 Å². The molecule has 0 spiro atoms. The molecule has 0 bridgehead atoms. The second kappa shape index (κ2) is 8.41. The normalized spacial score (nSPS) is 11.0. The molecule has 2 aromatic rings. The smallest absolute Gasteiger partial charge is 0.266 e. The highest BCUT2D eigenvalue weighted by Gasteiger charge is 2.15. The summed E-state index contributed by atoms with van der Waals surface area (Å²) in [5.41, 5.74) is 3.10. The summed E-state index contributed by atoms with van der Waals surface area (Å²) in [5.74, 6) is -0.599. The maximum Gasteiger partial charge on any atom is 0.266 e. The minimum absolute atomic E-state index is 0.0484. The number of hydrogen-bond donors (Lipinski definition) is 1. The maximum absolute atomic E-state index is 12.4. The third-order valence-corrected chi connectivity index (χ3v) is 4.61. The minimum atomic E-state index is -0.493. The fourth-order valence-electron chi connectivity index (χ4n) is 2.40. The third-order valence-electron chi connectivity index (χ3n) is 3.72. The number of rotatable bonds is 5. The second-order valence-electron chi connectivity index (χ2n) is 5.76. The number of aryl methyl sites for hydroxylation is 2. The highest BCUT2D eigenvalue weighted by Crippen LogP contribution is 2.23. The van der Waals surface area contributed by atoms with Crippen molar-refractivity contribution >= 4 is 40.0 Å². The standard InChI is InChI=1S/C19H20N4O2S/c1-5-23(14(4)24)19-21-16(11-26-19)9-15(10-20)18(25)22-17-7-6-12(2)8-13(17)3/h6-9,11H,5H2,1-4H3,(H,22,25)/b15-9+. The molecule has 1 aromatic carbocycles. The van der Waals surface area contributed by atoms with Gasteiger partial charge in [0.25, 0.3) is 5.91 Å². The van der Waals surface area contributed by atoms with Crippen molar-refractivity contribution in [3.8, 4) is 6.07 Å². The molecule has 0 fully saturated rings. The lowest BCUT2D eigenvalue weighted by Crippen LogP contribution is -2.27. The average molecular weight is 368 g/mol. The van der Waals surface area contributed by atoms with E-state index in [0.29, 0.717) is 23.1 Å². The molecule has 7 heteroatoms. The van der Waals surface area contributed by atoms with E-state index in [1.165, 1.54) is 29.2 Å². The molecular formula is C19H20N4O2S. The second-order valence-corrected chi connectivity index (χ2v) is 6.60. The van der Waals surface area contributed by atoms with Gasteiger partial charge in [-0.25, -0.2) is 4.98 Å². The highest BCUT2D eigenvalue weighted by molar-refractivity contribution is 7.14. The van der Waals surface area contributed by atoms with Crippen LogP contribution in [-0.2, 0) is 9.59 Å². The van der Waals surface area contributed by atoms with Gasteiger partial charge in [0, 0.05) is 24.5 Å². The van der Waals surface area contributed by atoms with Gasteiger partial charge in [-0.05, 0) is 38.5 Å². The molecule has 26 heavy (non-hydrogen) atoms. The van der Waals surface area contributed by atoms with E-state index >= 15 is 0 Å². The predicted molar refractivity (Wildman–Crippen MR) is 104 cm³/mol. The number of aromatic nitrogens is 1. The molecule has 6 nitrogen and oxygen atoms in total. The van der Waals surface area contributed by atoms with Crippen molar-refractivity contribution in [3.05, 3.63) is 46.0 Å². The molecule has 0 aliphatic carbocycles. The van der Waals surface area contributed by atoms with Gasteiger partial charge >= 0.3 is 0 Å². The summed E-state index contributed by atoms with van der Waals surface area (Å²) >= 11 is 1.29. The van der Waals surface area contributed by atoms with E-state index in [9.17, 15) is 14.9 Å². The zero-order valence-electron chi connectivity index (χ0n) is 15.2. The van der Waals surface area contributed by atoms with Gasteiger partial charge in [0.1, 0.15) is 11.6 Å². The lowest BCUT2D eigenvalue weighted by Gasteiger charge is -2.14. The molecule has 0 saturated carbocycles. The number of amides is 2. The van der Waals surface area contributed by atoms with Crippen molar-refractivity contribution in [1.29, 1.82) is 5.26 Å². The van der Waals surface area contributed by atoms with Crippen LogP contribution in [0.3, 0.4) is 0 Å². The monoisotopic (exact) mass is 368 g/mol. The fourth-order valence-corrected chi connectivity index (χ4v) is 3.29. The Hall–Kier alpha value is -2.98. The average Bonchev–Trinajstić information content (AvgIpc) is 3.03. The van der Waals surface area contributed by atoms with Gasteiger partial charge in [-0.1, -0.05) is 17.7 Å². The van der Waals surface area contributed by atoms with Crippen molar-refractivity contribution in [2.24, 2.45) is 0 Å². The van der Waals surface area contributed by atoms with Crippen LogP contribution in [-0.4, -0.2) is 23.3 Å². The Morgan fingerprint density at radius 3 is 2.69 bits per heavy atom. The van der Waals surface area contributed by atoms with Crippen molar-refractivity contribution < 1.29 is 9.59 Å². The molecule has 0 atom stereocenters. The van der Waals surface area contributed by atoms with Crippen molar-refractivity contribution in [3.63, 3.8) is 0 Å². The number of anilines is 2. The van der Waals surface area contributed by atoms with Gasteiger partial charge in [-0.2, -0.15) is 5.26 Å². The predicted octanol–water partition coefficient (Wildman–Crippen LogP) is 3.68. The summed E-state index contributed by atoms with van der Waals surface area (Å²) in [6.07, 6.45) is 1.42. The first-order valence-corrected chi connectivity index (χ1v) is 8.97. The van der Waals surface area contributed by atoms with Crippen molar-refractivity contribution in [2.45, 2.75) is 27.7 Å². The van der Waals surface area contributed by atoms with Crippen LogP contribution >= 0.6 is 11.3 Å². The zero-order valence-corrected chi connectivity index (χ0v) is 16.0. The Bertz CT molecular complexity index is 909. The topological polar surface area (TPSA) is 86.1 Å². The Balaban J connectivity index is 2.22. The van der Waals surface area contributed by atoms with E-state index in [1.807, 2.05) is 45.0 Å². The highest BCUT2D eigenvalue weighted by atomic mass is 32.1. The number of nitrogens with zero attached hydrogens (tertiary/aromatic N) is 3. The van der Waals surface area contributed by atoms with E-state index in [-0.39, 0.29) is 11.5 Å². The van der Waals surface area contributed by atoms with Gasteiger partial charge in [-0.15, -0.1) is 11.3 Å².